The van der Waals surface area contributed by atoms with Gasteiger partial charge in [0.05, 0.1) is 0 Å². The van der Waals surface area contributed by atoms with Gasteiger partial charge in [0.1, 0.15) is 11.6 Å². The summed E-state index contributed by atoms with van der Waals surface area (Å²) in [5, 5.41) is 9.29. The van der Waals surface area contributed by atoms with Gasteiger partial charge in [-0.2, -0.15) is 0 Å². The highest BCUT2D eigenvalue weighted by Gasteiger charge is 2.05. The number of hydrogen-bond acceptors (Lipinski definition) is 1. The van der Waals surface area contributed by atoms with Crippen molar-refractivity contribution >= 4 is 0 Å². The van der Waals surface area contributed by atoms with E-state index >= 15 is 0 Å². The zero-order valence-corrected chi connectivity index (χ0v) is 8.37. The third kappa shape index (κ3) is 1.99. The van der Waals surface area contributed by atoms with E-state index in [1.54, 1.807) is 0 Å². The van der Waals surface area contributed by atoms with E-state index in [1.165, 1.54) is 18.2 Å². The van der Waals surface area contributed by atoms with E-state index in [1.807, 2.05) is 31.2 Å². The van der Waals surface area contributed by atoms with Gasteiger partial charge in [-0.3, -0.25) is 0 Å². The molecule has 0 saturated heterocycles. The van der Waals surface area contributed by atoms with Crippen molar-refractivity contribution in [2.75, 3.05) is 0 Å². The quantitative estimate of drug-likeness (QED) is 0.750. The number of phenolic OH excluding ortho intramolecular Hbond substituents is 1. The van der Waals surface area contributed by atoms with E-state index in [4.69, 9.17) is 0 Å². The van der Waals surface area contributed by atoms with Crippen LogP contribution in [-0.4, -0.2) is 5.11 Å². The van der Waals surface area contributed by atoms with Crippen LogP contribution >= 0.6 is 0 Å². The molecule has 76 valence electrons. The molecule has 0 aliphatic rings. The third-order valence-electron chi connectivity index (χ3n) is 2.31. The number of benzene rings is 2. The minimum absolute atomic E-state index is 0.0759. The summed E-state index contributed by atoms with van der Waals surface area (Å²) < 4.78 is 13.4. The lowest BCUT2D eigenvalue weighted by atomic mass is 10.0. The van der Waals surface area contributed by atoms with E-state index in [2.05, 4.69) is 0 Å². The molecule has 0 fully saturated rings. The average Bonchev–Trinajstić information content (AvgIpc) is 2.23. The van der Waals surface area contributed by atoms with Crippen LogP contribution in [0.2, 0.25) is 0 Å². The van der Waals surface area contributed by atoms with Gasteiger partial charge >= 0.3 is 0 Å². The first-order chi connectivity index (χ1) is 7.16. The van der Waals surface area contributed by atoms with E-state index < -0.39 is 0 Å². The van der Waals surface area contributed by atoms with Crippen molar-refractivity contribution in [3.05, 3.63) is 53.8 Å². The van der Waals surface area contributed by atoms with Crippen molar-refractivity contribution in [2.24, 2.45) is 0 Å². The van der Waals surface area contributed by atoms with Crippen LogP contribution in [0.3, 0.4) is 0 Å². The Morgan fingerprint density at radius 2 is 1.67 bits per heavy atom. The van der Waals surface area contributed by atoms with Crippen LogP contribution < -0.4 is 0 Å². The first-order valence-corrected chi connectivity index (χ1v) is 4.72. The highest BCUT2D eigenvalue weighted by atomic mass is 19.1. The number of aromatic hydroxyl groups is 1. The summed E-state index contributed by atoms with van der Waals surface area (Å²) in [6.07, 6.45) is 0. The second-order valence-electron chi connectivity index (χ2n) is 3.53. The molecular formula is C13H11FO. The molecule has 1 nitrogen and oxygen atoms in total. The van der Waals surface area contributed by atoms with Gasteiger partial charge in [0.25, 0.3) is 0 Å². The number of phenols is 1. The predicted octanol–water partition coefficient (Wildman–Crippen LogP) is 3.51. The Morgan fingerprint density at radius 3 is 2.33 bits per heavy atom. The fourth-order valence-electron chi connectivity index (χ4n) is 1.47. The second-order valence-corrected chi connectivity index (χ2v) is 3.53. The number of hydrogen-bond donors (Lipinski definition) is 1. The Hall–Kier alpha value is -1.83. The smallest absolute Gasteiger partial charge is 0.131 e. The zero-order valence-electron chi connectivity index (χ0n) is 8.37. The Bertz CT molecular complexity index is 474. The van der Waals surface area contributed by atoms with Crippen molar-refractivity contribution in [3.63, 3.8) is 0 Å². The third-order valence-corrected chi connectivity index (χ3v) is 2.31. The molecule has 0 saturated carbocycles. The molecule has 0 spiro atoms. The number of halogens is 1. The minimum Gasteiger partial charge on any atom is -0.508 e. The molecule has 0 heterocycles. The van der Waals surface area contributed by atoms with Crippen molar-refractivity contribution < 1.29 is 9.50 Å². The average molecular weight is 202 g/mol. The van der Waals surface area contributed by atoms with Crippen LogP contribution in [-0.2, 0) is 0 Å². The standard InChI is InChI=1S/C13H11FO/c1-9-2-4-10(5-3-9)12-8-11(15)6-7-13(12)14/h2-8,15H,1H3. The van der Waals surface area contributed by atoms with Gasteiger partial charge in [0.2, 0.25) is 0 Å². The summed E-state index contributed by atoms with van der Waals surface area (Å²) in [7, 11) is 0. The molecule has 0 aliphatic heterocycles. The summed E-state index contributed by atoms with van der Waals surface area (Å²) in [5.41, 5.74) is 2.32. The minimum atomic E-state index is -0.323. The van der Waals surface area contributed by atoms with Crippen LogP contribution in [0.5, 0.6) is 5.75 Å². The van der Waals surface area contributed by atoms with Crippen molar-refractivity contribution in [1.82, 2.24) is 0 Å². The molecular weight excluding hydrogens is 191 g/mol. The molecule has 2 aromatic rings. The van der Waals surface area contributed by atoms with Gasteiger partial charge < -0.3 is 5.11 Å². The maximum absolute atomic E-state index is 13.4. The molecule has 0 atom stereocenters. The highest BCUT2D eigenvalue weighted by molar-refractivity contribution is 5.65. The molecule has 2 heteroatoms. The zero-order chi connectivity index (χ0) is 10.8. The fraction of sp³-hybridized carbons (Fsp3) is 0.0769. The van der Waals surface area contributed by atoms with Gasteiger partial charge in [0.15, 0.2) is 0 Å². The molecule has 0 bridgehead atoms. The van der Waals surface area contributed by atoms with Gasteiger partial charge in [-0.15, -0.1) is 0 Å². The van der Waals surface area contributed by atoms with Crippen molar-refractivity contribution in [3.8, 4) is 16.9 Å². The summed E-state index contributed by atoms with van der Waals surface area (Å²) >= 11 is 0. The summed E-state index contributed by atoms with van der Waals surface area (Å²) in [6, 6.07) is 11.6. The van der Waals surface area contributed by atoms with Gasteiger partial charge in [-0.05, 0) is 30.7 Å². The normalized spacial score (nSPS) is 10.3. The largest absolute Gasteiger partial charge is 0.508 e. The Kier molecular flexibility index (Phi) is 2.42. The molecule has 15 heavy (non-hydrogen) atoms. The maximum Gasteiger partial charge on any atom is 0.131 e. The fourth-order valence-corrected chi connectivity index (χ4v) is 1.47. The maximum atomic E-state index is 13.4. The first-order valence-electron chi connectivity index (χ1n) is 4.72. The van der Waals surface area contributed by atoms with Gasteiger partial charge in [-0.1, -0.05) is 29.8 Å². The first kappa shape index (κ1) is 9.71. The van der Waals surface area contributed by atoms with Gasteiger partial charge in [0, 0.05) is 5.56 Å². The van der Waals surface area contributed by atoms with Crippen LogP contribution in [0.1, 0.15) is 5.56 Å². The Morgan fingerprint density at radius 1 is 1.00 bits per heavy atom. The number of aryl methyl sites for hydroxylation is 1. The molecule has 2 aromatic carbocycles. The summed E-state index contributed by atoms with van der Waals surface area (Å²) in [6.45, 7) is 1.97. The molecule has 0 radical (unpaired) electrons. The molecule has 2 rings (SSSR count). The van der Waals surface area contributed by atoms with E-state index in [0.717, 1.165) is 11.1 Å². The topological polar surface area (TPSA) is 20.2 Å². The summed E-state index contributed by atoms with van der Waals surface area (Å²) in [4.78, 5) is 0. The van der Waals surface area contributed by atoms with E-state index in [-0.39, 0.29) is 11.6 Å². The highest BCUT2D eigenvalue weighted by Crippen LogP contribution is 2.26. The van der Waals surface area contributed by atoms with Crippen LogP contribution in [0.4, 0.5) is 4.39 Å². The lowest BCUT2D eigenvalue weighted by molar-refractivity contribution is 0.473. The lowest BCUT2D eigenvalue weighted by Gasteiger charge is -2.04. The van der Waals surface area contributed by atoms with Crippen LogP contribution in [0.15, 0.2) is 42.5 Å². The molecule has 0 unspecified atom stereocenters. The Balaban J connectivity index is 2.53. The Labute approximate surface area is 87.8 Å². The van der Waals surface area contributed by atoms with Crippen molar-refractivity contribution in [2.45, 2.75) is 6.92 Å². The SMILES string of the molecule is Cc1ccc(-c2cc(O)ccc2F)cc1. The van der Waals surface area contributed by atoms with Crippen LogP contribution in [0, 0.1) is 12.7 Å². The lowest BCUT2D eigenvalue weighted by Crippen LogP contribution is -1.84. The van der Waals surface area contributed by atoms with Gasteiger partial charge in [-0.25, -0.2) is 4.39 Å². The molecule has 0 aliphatic carbocycles. The predicted molar refractivity (Wildman–Crippen MR) is 58.2 cm³/mol. The molecule has 1 N–H and O–H groups in total. The van der Waals surface area contributed by atoms with E-state index in [9.17, 15) is 9.50 Å². The molecule has 0 aromatic heterocycles. The number of rotatable bonds is 1. The van der Waals surface area contributed by atoms with E-state index in [0.29, 0.717) is 5.56 Å². The van der Waals surface area contributed by atoms with Crippen molar-refractivity contribution in [1.29, 1.82) is 0 Å². The second kappa shape index (κ2) is 3.73. The van der Waals surface area contributed by atoms with Crippen LogP contribution in [0.25, 0.3) is 11.1 Å². The summed E-state index contributed by atoms with van der Waals surface area (Å²) in [5.74, 6) is -0.247. The monoisotopic (exact) mass is 202 g/mol. The molecule has 0 amide bonds.